The van der Waals surface area contributed by atoms with Crippen LogP contribution in [0.2, 0.25) is 0 Å². The summed E-state index contributed by atoms with van der Waals surface area (Å²) in [6, 6.07) is 7.02. The van der Waals surface area contributed by atoms with E-state index in [9.17, 15) is 8.42 Å². The molecule has 0 aliphatic rings. The summed E-state index contributed by atoms with van der Waals surface area (Å²) in [5, 5.41) is 0. The van der Waals surface area contributed by atoms with Gasteiger partial charge in [0.05, 0.1) is 5.69 Å². The largest absolute Gasteiger partial charge is 0.373 e. The van der Waals surface area contributed by atoms with E-state index >= 15 is 0 Å². The summed E-state index contributed by atoms with van der Waals surface area (Å²) in [7, 11) is -1.57. The molecule has 0 aliphatic carbocycles. The quantitative estimate of drug-likeness (QED) is 0.751. The fourth-order valence-corrected chi connectivity index (χ4v) is 3.15. The minimum absolute atomic E-state index is 0.322. The third kappa shape index (κ3) is 4.49. The summed E-state index contributed by atoms with van der Waals surface area (Å²) in [6.45, 7) is 3.70. The Hall–Kier alpha value is -1.11. The number of hydrogen-bond donors (Lipinski definition) is 2. The second kappa shape index (κ2) is 7.47. The Bertz CT molecular complexity index is 488. The highest BCUT2D eigenvalue weighted by atomic mass is 32.2. The molecule has 0 radical (unpaired) electrons. The third-order valence-corrected chi connectivity index (χ3v) is 4.31. The molecule has 0 heterocycles. The molecule has 108 valence electrons. The van der Waals surface area contributed by atoms with Crippen molar-refractivity contribution in [3.63, 3.8) is 0 Å². The number of nitrogens with two attached hydrogens (primary N) is 1. The number of para-hydroxylation sites is 1. The molecule has 0 fully saturated rings. The molecule has 3 N–H and O–H groups in total. The predicted molar refractivity (Wildman–Crippen MR) is 78.9 cm³/mol. The van der Waals surface area contributed by atoms with E-state index in [1.807, 2.05) is 31.0 Å². The third-order valence-electron chi connectivity index (χ3n) is 2.81. The molecule has 6 heteroatoms. The van der Waals surface area contributed by atoms with E-state index < -0.39 is 10.0 Å². The lowest BCUT2D eigenvalue weighted by Crippen LogP contribution is -2.28. The molecule has 0 amide bonds. The van der Waals surface area contributed by atoms with Crippen molar-refractivity contribution in [3.05, 3.63) is 24.3 Å². The van der Waals surface area contributed by atoms with Crippen LogP contribution in [0.25, 0.3) is 0 Å². The Balaban J connectivity index is 3.01. The van der Waals surface area contributed by atoms with Crippen molar-refractivity contribution in [1.82, 2.24) is 4.72 Å². The summed E-state index contributed by atoms with van der Waals surface area (Å²) >= 11 is 0. The summed E-state index contributed by atoms with van der Waals surface area (Å²) in [4.78, 5) is 2.25. The Morgan fingerprint density at radius 3 is 2.63 bits per heavy atom. The van der Waals surface area contributed by atoms with Gasteiger partial charge in [-0.1, -0.05) is 19.1 Å². The van der Waals surface area contributed by atoms with Gasteiger partial charge >= 0.3 is 0 Å². The maximum Gasteiger partial charge on any atom is 0.242 e. The van der Waals surface area contributed by atoms with E-state index in [2.05, 4.69) is 4.72 Å². The van der Waals surface area contributed by atoms with Crippen molar-refractivity contribution in [2.24, 2.45) is 5.73 Å². The molecule has 1 aromatic carbocycles. The Morgan fingerprint density at radius 1 is 1.32 bits per heavy atom. The lowest BCUT2D eigenvalue weighted by molar-refractivity contribution is 0.580. The van der Waals surface area contributed by atoms with Gasteiger partial charge in [0.1, 0.15) is 4.90 Å². The molecule has 19 heavy (non-hydrogen) atoms. The van der Waals surface area contributed by atoms with Crippen molar-refractivity contribution in [3.8, 4) is 0 Å². The standard InChI is InChI=1S/C13H23N3O2S/c1-3-10-15-19(17,18)13-8-5-4-7-12(13)16(2)11-6-9-14/h4-5,7-8,15H,3,6,9-11,14H2,1-2H3. The number of anilines is 1. The second-order valence-corrected chi connectivity index (χ2v) is 6.16. The number of nitrogens with one attached hydrogen (secondary N) is 1. The van der Waals surface area contributed by atoms with E-state index in [1.165, 1.54) is 0 Å². The normalized spacial score (nSPS) is 11.5. The molecule has 0 unspecified atom stereocenters. The van der Waals surface area contributed by atoms with Crippen LogP contribution in [0.3, 0.4) is 0 Å². The Kier molecular flexibility index (Phi) is 6.27. The molecular formula is C13H23N3O2S. The van der Waals surface area contributed by atoms with Gasteiger partial charge in [-0.2, -0.15) is 0 Å². The molecule has 0 aliphatic heterocycles. The summed E-state index contributed by atoms with van der Waals surface area (Å²) < 4.78 is 27.1. The zero-order valence-corrected chi connectivity index (χ0v) is 12.4. The van der Waals surface area contributed by atoms with Gasteiger partial charge in [-0.3, -0.25) is 0 Å². The number of nitrogens with zero attached hydrogens (tertiary/aromatic N) is 1. The van der Waals surface area contributed by atoms with Gasteiger partial charge in [-0.05, 0) is 31.5 Å². The first-order valence-electron chi connectivity index (χ1n) is 6.52. The molecular weight excluding hydrogens is 262 g/mol. The molecule has 1 aromatic rings. The fraction of sp³-hybridized carbons (Fsp3) is 0.538. The number of sulfonamides is 1. The Morgan fingerprint density at radius 2 is 2.00 bits per heavy atom. The summed E-state index contributed by atoms with van der Waals surface area (Å²) in [5.41, 5.74) is 6.20. The highest BCUT2D eigenvalue weighted by molar-refractivity contribution is 7.89. The van der Waals surface area contributed by atoms with Crippen LogP contribution < -0.4 is 15.4 Å². The zero-order chi connectivity index (χ0) is 14.3. The average molecular weight is 285 g/mol. The molecule has 0 bridgehead atoms. The first-order valence-corrected chi connectivity index (χ1v) is 8.01. The maximum atomic E-state index is 12.2. The summed E-state index contributed by atoms with van der Waals surface area (Å²) in [5.74, 6) is 0. The van der Waals surface area contributed by atoms with Gasteiger partial charge < -0.3 is 10.6 Å². The van der Waals surface area contributed by atoms with Crippen LogP contribution in [0.1, 0.15) is 19.8 Å². The van der Waals surface area contributed by atoms with Crippen molar-refractivity contribution in [1.29, 1.82) is 0 Å². The minimum Gasteiger partial charge on any atom is -0.373 e. The van der Waals surface area contributed by atoms with Crippen LogP contribution in [-0.2, 0) is 10.0 Å². The molecule has 0 atom stereocenters. The SMILES string of the molecule is CCCNS(=O)(=O)c1ccccc1N(C)CCCN. The van der Waals surface area contributed by atoms with Crippen molar-refractivity contribution < 1.29 is 8.42 Å². The topological polar surface area (TPSA) is 75.4 Å². The smallest absolute Gasteiger partial charge is 0.242 e. The molecule has 5 nitrogen and oxygen atoms in total. The maximum absolute atomic E-state index is 12.2. The molecule has 0 spiro atoms. The highest BCUT2D eigenvalue weighted by Crippen LogP contribution is 2.23. The molecule has 1 rings (SSSR count). The molecule has 0 saturated carbocycles. The van der Waals surface area contributed by atoms with Crippen molar-refractivity contribution in [2.45, 2.75) is 24.7 Å². The van der Waals surface area contributed by atoms with Gasteiger partial charge in [-0.15, -0.1) is 0 Å². The first kappa shape index (κ1) is 15.9. The Labute approximate surface area is 115 Å². The van der Waals surface area contributed by atoms with Crippen molar-refractivity contribution in [2.75, 3.05) is 31.6 Å². The van der Waals surface area contributed by atoms with E-state index in [4.69, 9.17) is 5.73 Å². The van der Waals surface area contributed by atoms with Crippen LogP contribution >= 0.6 is 0 Å². The second-order valence-electron chi connectivity index (χ2n) is 4.43. The number of benzene rings is 1. The van der Waals surface area contributed by atoms with Gasteiger partial charge in [0.2, 0.25) is 10.0 Å². The highest BCUT2D eigenvalue weighted by Gasteiger charge is 2.19. The van der Waals surface area contributed by atoms with E-state index in [-0.39, 0.29) is 0 Å². The van der Waals surface area contributed by atoms with Crippen LogP contribution in [-0.4, -0.2) is 35.1 Å². The molecule has 0 aromatic heterocycles. The van der Waals surface area contributed by atoms with Gasteiger partial charge in [0, 0.05) is 20.1 Å². The lowest BCUT2D eigenvalue weighted by Gasteiger charge is -2.22. The van der Waals surface area contributed by atoms with Gasteiger partial charge in [0.15, 0.2) is 0 Å². The van der Waals surface area contributed by atoms with Crippen LogP contribution in [0.4, 0.5) is 5.69 Å². The van der Waals surface area contributed by atoms with E-state index in [0.717, 1.165) is 19.4 Å². The van der Waals surface area contributed by atoms with Crippen LogP contribution in [0.15, 0.2) is 29.2 Å². The van der Waals surface area contributed by atoms with Gasteiger partial charge in [0.25, 0.3) is 0 Å². The van der Waals surface area contributed by atoms with E-state index in [1.54, 1.807) is 12.1 Å². The van der Waals surface area contributed by atoms with Crippen molar-refractivity contribution >= 4 is 15.7 Å². The fourth-order valence-electron chi connectivity index (χ4n) is 1.76. The predicted octanol–water partition coefficient (Wildman–Crippen LogP) is 1.16. The average Bonchev–Trinajstić information content (AvgIpc) is 2.42. The minimum atomic E-state index is -3.45. The van der Waals surface area contributed by atoms with Gasteiger partial charge in [-0.25, -0.2) is 13.1 Å². The first-order chi connectivity index (χ1) is 9.03. The number of hydrogen-bond acceptors (Lipinski definition) is 4. The zero-order valence-electron chi connectivity index (χ0n) is 11.6. The monoisotopic (exact) mass is 285 g/mol. The van der Waals surface area contributed by atoms with E-state index in [0.29, 0.717) is 23.7 Å². The number of rotatable bonds is 8. The summed E-state index contributed by atoms with van der Waals surface area (Å²) in [6.07, 6.45) is 1.59. The lowest BCUT2D eigenvalue weighted by atomic mass is 10.3. The molecule has 0 saturated heterocycles. The van der Waals surface area contributed by atoms with Crippen LogP contribution in [0, 0.1) is 0 Å². The van der Waals surface area contributed by atoms with Crippen LogP contribution in [0.5, 0.6) is 0 Å².